The number of rotatable bonds is 3. The first-order valence-corrected chi connectivity index (χ1v) is 6.66. The number of aliphatic hydroxyl groups is 1. The van der Waals surface area contributed by atoms with Gasteiger partial charge < -0.3 is 14.8 Å². The van der Waals surface area contributed by atoms with Crippen molar-refractivity contribution >= 4 is 22.4 Å². The van der Waals surface area contributed by atoms with Gasteiger partial charge in [-0.3, -0.25) is 0 Å². The van der Waals surface area contributed by atoms with E-state index in [0.717, 1.165) is 11.0 Å². The zero-order valence-corrected chi connectivity index (χ0v) is 11.9. The van der Waals surface area contributed by atoms with E-state index in [0.29, 0.717) is 17.1 Å². The highest BCUT2D eigenvalue weighted by Gasteiger charge is 2.15. The molecule has 2 N–H and O–H groups in total. The van der Waals surface area contributed by atoms with E-state index in [4.69, 9.17) is 4.74 Å². The predicted octanol–water partition coefficient (Wildman–Crippen LogP) is 3.52. The summed E-state index contributed by atoms with van der Waals surface area (Å²) >= 11 is 0. The molecule has 108 valence electrons. The standard InChI is InChI=1S/C17H13N3O2/c1-22-12-6-4-5-11(9-12)16(21)13(10-18)17-19-14-7-2-3-8-15(14)20-17/h2-9,21H,1H3,(H,19,20)/b16-13-. The summed E-state index contributed by atoms with van der Waals surface area (Å²) in [6, 6.07) is 16.3. The van der Waals surface area contributed by atoms with E-state index in [1.807, 2.05) is 30.3 Å². The van der Waals surface area contributed by atoms with E-state index >= 15 is 0 Å². The van der Waals surface area contributed by atoms with Gasteiger partial charge in [0, 0.05) is 5.56 Å². The molecule has 0 saturated heterocycles. The molecule has 5 nitrogen and oxygen atoms in total. The lowest BCUT2D eigenvalue weighted by Gasteiger charge is -2.05. The monoisotopic (exact) mass is 291 g/mol. The first kappa shape index (κ1) is 13.7. The molecule has 0 bridgehead atoms. The van der Waals surface area contributed by atoms with Crippen molar-refractivity contribution in [3.8, 4) is 11.8 Å². The Morgan fingerprint density at radius 2 is 2.05 bits per heavy atom. The Balaban J connectivity index is 2.13. The van der Waals surface area contributed by atoms with Gasteiger partial charge in [0.05, 0.1) is 18.1 Å². The van der Waals surface area contributed by atoms with Crippen LogP contribution < -0.4 is 4.74 Å². The molecule has 22 heavy (non-hydrogen) atoms. The van der Waals surface area contributed by atoms with Crippen LogP contribution in [0.3, 0.4) is 0 Å². The number of fused-ring (bicyclic) bond motifs is 1. The van der Waals surface area contributed by atoms with Crippen molar-refractivity contribution in [2.45, 2.75) is 0 Å². The molecule has 0 saturated carbocycles. The average molecular weight is 291 g/mol. The van der Waals surface area contributed by atoms with E-state index in [2.05, 4.69) is 9.97 Å². The number of aromatic amines is 1. The smallest absolute Gasteiger partial charge is 0.153 e. The second-order valence-corrected chi connectivity index (χ2v) is 4.67. The van der Waals surface area contributed by atoms with Crippen LogP contribution in [0.5, 0.6) is 5.75 Å². The van der Waals surface area contributed by atoms with Gasteiger partial charge in [-0.2, -0.15) is 5.26 Å². The van der Waals surface area contributed by atoms with E-state index in [9.17, 15) is 10.4 Å². The van der Waals surface area contributed by atoms with Crippen LogP contribution in [0.2, 0.25) is 0 Å². The lowest BCUT2D eigenvalue weighted by atomic mass is 10.1. The molecule has 0 aliphatic carbocycles. The fourth-order valence-electron chi connectivity index (χ4n) is 2.20. The fourth-order valence-corrected chi connectivity index (χ4v) is 2.20. The number of ether oxygens (including phenoxy) is 1. The average Bonchev–Trinajstić information content (AvgIpc) is 2.99. The van der Waals surface area contributed by atoms with Crippen LogP contribution in [0.15, 0.2) is 48.5 Å². The number of nitrogens with one attached hydrogen (secondary N) is 1. The lowest BCUT2D eigenvalue weighted by molar-refractivity contribution is 0.414. The van der Waals surface area contributed by atoms with Gasteiger partial charge in [-0.15, -0.1) is 0 Å². The van der Waals surface area contributed by atoms with Gasteiger partial charge >= 0.3 is 0 Å². The van der Waals surface area contributed by atoms with Crippen molar-refractivity contribution in [2.75, 3.05) is 7.11 Å². The van der Waals surface area contributed by atoms with Crippen molar-refractivity contribution in [1.82, 2.24) is 9.97 Å². The largest absolute Gasteiger partial charge is 0.506 e. The summed E-state index contributed by atoms with van der Waals surface area (Å²) in [6.45, 7) is 0. The third-order valence-corrected chi connectivity index (χ3v) is 3.32. The Bertz CT molecular complexity index is 870. The number of hydrogen-bond donors (Lipinski definition) is 2. The number of para-hydroxylation sites is 2. The molecule has 5 heteroatoms. The number of aliphatic hydroxyl groups excluding tert-OH is 1. The molecular formula is C17H13N3O2. The van der Waals surface area contributed by atoms with Crippen LogP contribution in [0.25, 0.3) is 22.4 Å². The van der Waals surface area contributed by atoms with Crippen molar-refractivity contribution < 1.29 is 9.84 Å². The molecule has 0 amide bonds. The Hall–Kier alpha value is -3.26. The number of benzene rings is 2. The first-order chi connectivity index (χ1) is 10.7. The molecule has 3 rings (SSSR count). The molecule has 0 spiro atoms. The van der Waals surface area contributed by atoms with Crippen molar-refractivity contribution in [1.29, 1.82) is 5.26 Å². The number of aromatic nitrogens is 2. The Kier molecular flexibility index (Phi) is 3.50. The maximum atomic E-state index is 10.4. The number of methoxy groups -OCH3 is 1. The highest BCUT2D eigenvalue weighted by atomic mass is 16.5. The topological polar surface area (TPSA) is 81.9 Å². The third kappa shape index (κ3) is 2.38. The van der Waals surface area contributed by atoms with Crippen molar-refractivity contribution in [2.24, 2.45) is 0 Å². The van der Waals surface area contributed by atoms with Gasteiger partial charge in [0.1, 0.15) is 23.2 Å². The second kappa shape index (κ2) is 5.62. The number of H-pyrrole nitrogens is 1. The van der Waals surface area contributed by atoms with Crippen LogP contribution in [-0.2, 0) is 0 Å². The SMILES string of the molecule is COc1cccc(/C(O)=C(\C#N)c2nc3ccccc3[nH]2)c1. The number of nitrogens with zero attached hydrogens (tertiary/aromatic N) is 2. The molecule has 0 radical (unpaired) electrons. The van der Waals surface area contributed by atoms with Gasteiger partial charge in [0.2, 0.25) is 0 Å². The highest BCUT2D eigenvalue weighted by Crippen LogP contribution is 2.26. The number of nitriles is 1. The van der Waals surface area contributed by atoms with Crippen LogP contribution >= 0.6 is 0 Å². The lowest BCUT2D eigenvalue weighted by Crippen LogP contribution is -1.93. The fraction of sp³-hybridized carbons (Fsp3) is 0.0588. The van der Waals surface area contributed by atoms with Gasteiger partial charge in [0.15, 0.2) is 5.82 Å². The summed E-state index contributed by atoms with van der Waals surface area (Å²) in [5, 5.41) is 19.8. The number of hydrogen-bond acceptors (Lipinski definition) is 4. The zero-order chi connectivity index (χ0) is 15.5. The number of allylic oxidation sites excluding steroid dienone is 1. The highest BCUT2D eigenvalue weighted by molar-refractivity contribution is 5.94. The maximum Gasteiger partial charge on any atom is 0.153 e. The van der Waals surface area contributed by atoms with E-state index < -0.39 is 0 Å². The van der Waals surface area contributed by atoms with Crippen molar-refractivity contribution in [3.05, 3.63) is 59.9 Å². The van der Waals surface area contributed by atoms with E-state index in [-0.39, 0.29) is 11.3 Å². The first-order valence-electron chi connectivity index (χ1n) is 6.66. The normalized spacial score (nSPS) is 11.8. The number of imidazole rings is 1. The minimum absolute atomic E-state index is 0.0875. The minimum atomic E-state index is -0.138. The summed E-state index contributed by atoms with van der Waals surface area (Å²) in [5.74, 6) is 0.801. The molecule has 0 aliphatic rings. The predicted molar refractivity (Wildman–Crippen MR) is 84.1 cm³/mol. The molecule has 2 aromatic carbocycles. The molecule has 3 aromatic rings. The Labute approximate surface area is 127 Å². The quantitative estimate of drug-likeness (QED) is 0.571. The molecule has 1 heterocycles. The Morgan fingerprint density at radius 3 is 2.77 bits per heavy atom. The summed E-state index contributed by atoms with van der Waals surface area (Å²) < 4.78 is 5.13. The van der Waals surface area contributed by atoms with Crippen LogP contribution in [0.1, 0.15) is 11.4 Å². The van der Waals surface area contributed by atoms with Crippen LogP contribution in [0.4, 0.5) is 0 Å². The summed E-state index contributed by atoms with van der Waals surface area (Å²) in [5.41, 5.74) is 2.13. The third-order valence-electron chi connectivity index (χ3n) is 3.32. The second-order valence-electron chi connectivity index (χ2n) is 4.67. The molecule has 0 atom stereocenters. The summed E-state index contributed by atoms with van der Waals surface area (Å²) in [4.78, 5) is 7.39. The van der Waals surface area contributed by atoms with Crippen LogP contribution in [0, 0.1) is 11.3 Å². The van der Waals surface area contributed by atoms with Gasteiger partial charge in [-0.25, -0.2) is 4.98 Å². The van der Waals surface area contributed by atoms with E-state index in [1.165, 1.54) is 0 Å². The van der Waals surface area contributed by atoms with Crippen LogP contribution in [-0.4, -0.2) is 22.2 Å². The summed E-state index contributed by atoms with van der Waals surface area (Å²) in [7, 11) is 1.55. The minimum Gasteiger partial charge on any atom is -0.506 e. The maximum absolute atomic E-state index is 10.4. The summed E-state index contributed by atoms with van der Waals surface area (Å²) in [6.07, 6.45) is 0. The Morgan fingerprint density at radius 1 is 1.23 bits per heavy atom. The molecular weight excluding hydrogens is 278 g/mol. The zero-order valence-electron chi connectivity index (χ0n) is 11.9. The van der Waals surface area contributed by atoms with Gasteiger partial charge in [-0.1, -0.05) is 24.3 Å². The molecule has 0 unspecified atom stereocenters. The molecule has 0 aliphatic heterocycles. The molecule has 0 fully saturated rings. The van der Waals surface area contributed by atoms with Crippen molar-refractivity contribution in [3.63, 3.8) is 0 Å². The van der Waals surface area contributed by atoms with Gasteiger partial charge in [0.25, 0.3) is 0 Å². The van der Waals surface area contributed by atoms with Gasteiger partial charge in [-0.05, 0) is 24.3 Å². The molecule has 1 aromatic heterocycles. The van der Waals surface area contributed by atoms with E-state index in [1.54, 1.807) is 31.4 Å².